The number of sulfonamides is 2. The molecule has 0 bridgehead atoms. The summed E-state index contributed by atoms with van der Waals surface area (Å²) in [6, 6.07) is 5.03. The second-order valence-corrected chi connectivity index (χ2v) is 8.19. The van der Waals surface area contributed by atoms with Crippen LogP contribution >= 0.6 is 0 Å². The molecule has 8 heteroatoms. The smallest absolute Gasteiger partial charge is 0.225 e. The lowest BCUT2D eigenvalue weighted by atomic mass is 9.96. The summed E-state index contributed by atoms with van der Waals surface area (Å²) < 4.78 is 50.4. The molecule has 0 aliphatic rings. The minimum absolute atomic E-state index is 0.182. The molecule has 0 saturated heterocycles. The van der Waals surface area contributed by atoms with E-state index in [4.69, 9.17) is 5.14 Å². The molecule has 0 heterocycles. The Morgan fingerprint density at radius 3 is 1.95 bits per heavy atom. The van der Waals surface area contributed by atoms with Crippen LogP contribution in [0.15, 0.2) is 34.1 Å². The van der Waals surface area contributed by atoms with Crippen molar-refractivity contribution in [1.82, 2.24) is 4.72 Å². The van der Waals surface area contributed by atoms with Gasteiger partial charge in [-0.1, -0.05) is 38.8 Å². The van der Waals surface area contributed by atoms with Gasteiger partial charge in [0.25, 0.3) is 0 Å². The Bertz CT molecular complexity index is 680. The van der Waals surface area contributed by atoms with Crippen molar-refractivity contribution in [3.05, 3.63) is 24.3 Å². The quantitative estimate of drug-likeness (QED) is 0.786. The number of nitrogens with one attached hydrogen (secondary N) is 1. The van der Waals surface area contributed by atoms with Crippen LogP contribution in [0, 0.1) is 5.92 Å². The molecule has 0 spiro atoms. The molecule has 0 saturated carbocycles. The van der Waals surface area contributed by atoms with Crippen molar-refractivity contribution in [2.45, 2.75) is 49.4 Å². The molecule has 0 radical (unpaired) electrons. The van der Waals surface area contributed by atoms with E-state index < -0.39 is 24.9 Å². The van der Waals surface area contributed by atoms with Crippen LogP contribution in [0.1, 0.15) is 33.6 Å². The minimum atomic E-state index is -4.10. The maximum atomic E-state index is 12.4. The van der Waals surface area contributed by atoms with Crippen LogP contribution in [0.4, 0.5) is 0 Å². The topological polar surface area (TPSA) is 106 Å². The molecule has 1 aromatic rings. The van der Waals surface area contributed by atoms with Crippen molar-refractivity contribution in [2.24, 2.45) is 11.1 Å². The average Bonchev–Trinajstić information content (AvgIpc) is 2.38. The van der Waals surface area contributed by atoms with Crippen molar-refractivity contribution in [3.8, 4) is 0 Å². The van der Waals surface area contributed by atoms with E-state index in [1.807, 2.05) is 13.8 Å². The Balaban J connectivity index is 3.22. The van der Waals surface area contributed by atoms with Crippen molar-refractivity contribution < 1.29 is 16.8 Å². The highest BCUT2D eigenvalue weighted by molar-refractivity contribution is 7.92. The zero-order valence-electron chi connectivity index (χ0n) is 12.4. The van der Waals surface area contributed by atoms with Gasteiger partial charge in [-0.2, -0.15) is 0 Å². The first-order valence-corrected chi connectivity index (χ1v) is 9.80. The first-order valence-electron chi connectivity index (χ1n) is 6.77. The normalized spacial score (nSPS) is 14.3. The molecule has 1 unspecified atom stereocenters. The Kier molecular flexibility index (Phi) is 5.92. The Morgan fingerprint density at radius 1 is 1.05 bits per heavy atom. The maximum Gasteiger partial charge on any atom is 0.242 e. The molecule has 120 valence electrons. The lowest BCUT2D eigenvalue weighted by Gasteiger charge is -2.22. The number of benzene rings is 1. The number of rotatable bonds is 7. The number of nitrogens with two attached hydrogens (primary N) is 1. The van der Waals surface area contributed by atoms with Gasteiger partial charge in [-0.05, 0) is 25.0 Å². The second kappa shape index (κ2) is 6.87. The van der Waals surface area contributed by atoms with Crippen LogP contribution < -0.4 is 9.86 Å². The summed E-state index contributed by atoms with van der Waals surface area (Å²) >= 11 is 0. The van der Waals surface area contributed by atoms with Crippen molar-refractivity contribution >= 4 is 20.0 Å². The van der Waals surface area contributed by atoms with Crippen LogP contribution in [0.5, 0.6) is 0 Å². The molecule has 1 rings (SSSR count). The van der Waals surface area contributed by atoms with Gasteiger partial charge in [0.15, 0.2) is 0 Å². The molecule has 21 heavy (non-hydrogen) atoms. The highest BCUT2D eigenvalue weighted by Crippen LogP contribution is 2.21. The summed E-state index contributed by atoms with van der Waals surface area (Å²) in [7, 11) is -8.05. The SMILES string of the molecule is CCC(CC)C(C)NS(=O)(=O)c1ccccc1S(N)(=O)=O. The maximum absolute atomic E-state index is 12.4. The highest BCUT2D eigenvalue weighted by Gasteiger charge is 2.27. The predicted octanol–water partition coefficient (Wildman–Crippen LogP) is 1.44. The third kappa shape index (κ3) is 4.50. The molecule has 1 aromatic carbocycles. The monoisotopic (exact) mass is 334 g/mol. The zero-order chi connectivity index (χ0) is 16.3. The number of hydrogen-bond acceptors (Lipinski definition) is 4. The minimum Gasteiger partial charge on any atom is -0.225 e. The van der Waals surface area contributed by atoms with Crippen LogP contribution in [-0.2, 0) is 20.0 Å². The van der Waals surface area contributed by atoms with Gasteiger partial charge < -0.3 is 0 Å². The van der Waals surface area contributed by atoms with E-state index in [0.29, 0.717) is 0 Å². The third-order valence-corrected chi connectivity index (χ3v) is 6.26. The van der Waals surface area contributed by atoms with Crippen LogP contribution in [0.25, 0.3) is 0 Å². The van der Waals surface area contributed by atoms with Gasteiger partial charge >= 0.3 is 0 Å². The lowest BCUT2D eigenvalue weighted by Crippen LogP contribution is -2.38. The largest absolute Gasteiger partial charge is 0.242 e. The van der Waals surface area contributed by atoms with E-state index in [1.54, 1.807) is 6.92 Å². The lowest BCUT2D eigenvalue weighted by molar-refractivity contribution is 0.390. The number of primary sulfonamides is 1. The molecule has 3 N–H and O–H groups in total. The molecule has 0 aliphatic heterocycles. The van der Waals surface area contributed by atoms with Crippen LogP contribution in [0.3, 0.4) is 0 Å². The molecular weight excluding hydrogens is 312 g/mol. The van der Waals surface area contributed by atoms with E-state index in [1.165, 1.54) is 24.3 Å². The van der Waals surface area contributed by atoms with Gasteiger partial charge in [-0.15, -0.1) is 0 Å². The molecule has 0 amide bonds. The van der Waals surface area contributed by atoms with E-state index in [9.17, 15) is 16.8 Å². The van der Waals surface area contributed by atoms with Gasteiger partial charge in [0, 0.05) is 6.04 Å². The third-order valence-electron chi connectivity index (χ3n) is 3.54. The fourth-order valence-corrected chi connectivity index (χ4v) is 5.00. The van der Waals surface area contributed by atoms with E-state index >= 15 is 0 Å². The summed E-state index contributed by atoms with van der Waals surface area (Å²) in [4.78, 5) is -0.709. The summed E-state index contributed by atoms with van der Waals surface area (Å²) in [6.07, 6.45) is 1.66. The van der Waals surface area contributed by atoms with Crippen molar-refractivity contribution in [1.29, 1.82) is 0 Å². The number of hydrogen-bond donors (Lipinski definition) is 2. The average molecular weight is 334 g/mol. The van der Waals surface area contributed by atoms with E-state index in [2.05, 4.69) is 4.72 Å². The first-order chi connectivity index (χ1) is 9.63. The standard InChI is InChI=1S/C13H22N2O4S2/c1-4-11(5-2)10(3)15-21(18,19)13-9-7-6-8-12(13)20(14,16)17/h6-11,15H,4-5H2,1-3H3,(H2,14,16,17). The van der Waals surface area contributed by atoms with E-state index in [0.717, 1.165) is 12.8 Å². The van der Waals surface area contributed by atoms with Crippen molar-refractivity contribution in [3.63, 3.8) is 0 Å². The fraction of sp³-hybridized carbons (Fsp3) is 0.538. The van der Waals surface area contributed by atoms with Crippen molar-refractivity contribution in [2.75, 3.05) is 0 Å². The Labute approximate surface area is 126 Å². The first kappa shape index (κ1) is 18.1. The second-order valence-electron chi connectivity index (χ2n) is 4.98. The van der Waals surface area contributed by atoms with Gasteiger partial charge in [0.1, 0.15) is 9.79 Å². The summed E-state index contributed by atoms with van der Waals surface area (Å²) in [6.45, 7) is 5.74. The Hall–Kier alpha value is -0.960. The highest BCUT2D eigenvalue weighted by atomic mass is 32.2. The molecule has 0 fully saturated rings. The molecule has 6 nitrogen and oxygen atoms in total. The molecule has 1 atom stereocenters. The Morgan fingerprint density at radius 2 is 1.52 bits per heavy atom. The predicted molar refractivity (Wildman–Crippen MR) is 81.7 cm³/mol. The summed E-state index contributed by atoms with van der Waals surface area (Å²) in [5, 5.41) is 5.08. The van der Waals surface area contributed by atoms with E-state index in [-0.39, 0.29) is 16.9 Å². The van der Waals surface area contributed by atoms with Gasteiger partial charge in [0.05, 0.1) is 0 Å². The van der Waals surface area contributed by atoms with Gasteiger partial charge in [-0.25, -0.2) is 26.7 Å². The molecule has 0 aliphatic carbocycles. The summed E-state index contributed by atoms with van der Waals surface area (Å²) in [5.74, 6) is 0.182. The van der Waals surface area contributed by atoms with Crippen LogP contribution in [0.2, 0.25) is 0 Å². The molecule has 0 aromatic heterocycles. The van der Waals surface area contributed by atoms with Gasteiger partial charge in [-0.3, -0.25) is 0 Å². The molecular formula is C13H22N2O4S2. The van der Waals surface area contributed by atoms with Gasteiger partial charge in [0.2, 0.25) is 20.0 Å². The summed E-state index contributed by atoms with van der Waals surface area (Å²) in [5.41, 5.74) is 0. The zero-order valence-corrected chi connectivity index (χ0v) is 14.0. The van der Waals surface area contributed by atoms with Crippen LogP contribution in [-0.4, -0.2) is 22.9 Å². The fourth-order valence-electron chi connectivity index (χ4n) is 2.31.